The number of aliphatic hydroxyl groups is 1. The van der Waals surface area contributed by atoms with Crippen LogP contribution in [0.25, 0.3) is 0 Å². The lowest BCUT2D eigenvalue weighted by atomic mass is 10.2. The minimum atomic E-state index is -0.744. The van der Waals surface area contributed by atoms with Crippen molar-refractivity contribution < 1.29 is 14.6 Å². The van der Waals surface area contributed by atoms with Crippen molar-refractivity contribution >= 4 is 17.3 Å². The molecule has 0 saturated carbocycles. The van der Waals surface area contributed by atoms with E-state index in [2.05, 4.69) is 11.0 Å². The van der Waals surface area contributed by atoms with Crippen LogP contribution in [-0.4, -0.2) is 35.7 Å². The summed E-state index contributed by atoms with van der Waals surface area (Å²) >= 11 is 1.60. The number of likely N-dealkylation sites (tertiary alicyclic amines) is 1. The molecule has 1 saturated heterocycles. The Morgan fingerprint density at radius 2 is 2.05 bits per heavy atom. The van der Waals surface area contributed by atoms with Gasteiger partial charge in [-0.1, -0.05) is 12.8 Å². The van der Waals surface area contributed by atoms with E-state index in [9.17, 15) is 9.90 Å². The lowest BCUT2D eigenvalue weighted by Crippen LogP contribution is -2.23. The minimum absolute atomic E-state index is 0.0392. The summed E-state index contributed by atoms with van der Waals surface area (Å²) in [5, 5.41) is 10.1. The highest BCUT2D eigenvalue weighted by Crippen LogP contribution is 2.27. The van der Waals surface area contributed by atoms with Gasteiger partial charge in [0.05, 0.1) is 19.1 Å². The van der Waals surface area contributed by atoms with Gasteiger partial charge in [-0.05, 0) is 45.0 Å². The van der Waals surface area contributed by atoms with Gasteiger partial charge in [0.2, 0.25) is 0 Å². The summed E-state index contributed by atoms with van der Waals surface area (Å²) in [6, 6.07) is 4.00. The number of aliphatic hydroxyl groups excluding tert-OH is 1. The fourth-order valence-electron chi connectivity index (χ4n) is 2.65. The number of rotatable bonds is 6. The quantitative estimate of drug-likeness (QED) is 0.820. The standard InChI is InChI=1S/C16H25NO3S/c1-2-20-16(19)11-14(18)15-8-7-13(21-15)12-17-9-5-3-4-6-10-17/h7-8,14,18H,2-6,9-12H2,1H3. The Hall–Kier alpha value is -0.910. The SMILES string of the molecule is CCOC(=O)CC(O)c1ccc(CN2CCCCCC2)s1. The predicted molar refractivity (Wildman–Crippen MR) is 84.3 cm³/mol. The van der Waals surface area contributed by atoms with E-state index in [0.29, 0.717) is 6.61 Å². The average molecular weight is 311 g/mol. The van der Waals surface area contributed by atoms with Crippen molar-refractivity contribution in [1.82, 2.24) is 4.90 Å². The number of nitrogens with zero attached hydrogens (tertiary/aromatic N) is 1. The lowest BCUT2D eigenvalue weighted by molar-refractivity contribution is -0.145. The molecule has 1 fully saturated rings. The molecular formula is C16H25NO3S. The third kappa shape index (κ3) is 5.41. The molecule has 4 nitrogen and oxygen atoms in total. The largest absolute Gasteiger partial charge is 0.466 e. The number of carbonyl (C=O) groups excluding carboxylic acids is 1. The summed E-state index contributed by atoms with van der Waals surface area (Å²) in [6.07, 6.45) is 4.53. The van der Waals surface area contributed by atoms with Gasteiger partial charge in [0.15, 0.2) is 0 Å². The van der Waals surface area contributed by atoms with Crippen molar-refractivity contribution in [1.29, 1.82) is 0 Å². The fourth-order valence-corrected chi connectivity index (χ4v) is 3.69. The van der Waals surface area contributed by atoms with Crippen LogP contribution < -0.4 is 0 Å². The van der Waals surface area contributed by atoms with Gasteiger partial charge in [-0.2, -0.15) is 0 Å². The Labute approximate surface area is 130 Å². The second-order valence-corrected chi connectivity index (χ2v) is 6.72. The van der Waals surface area contributed by atoms with Gasteiger partial charge >= 0.3 is 5.97 Å². The van der Waals surface area contributed by atoms with E-state index in [1.165, 1.54) is 43.6 Å². The van der Waals surface area contributed by atoms with Gasteiger partial charge < -0.3 is 9.84 Å². The summed E-state index contributed by atoms with van der Waals surface area (Å²) < 4.78 is 4.87. The van der Waals surface area contributed by atoms with Crippen LogP contribution in [0.15, 0.2) is 12.1 Å². The molecule has 1 aromatic rings. The monoisotopic (exact) mass is 311 g/mol. The molecule has 2 rings (SSSR count). The Bertz CT molecular complexity index is 438. The van der Waals surface area contributed by atoms with Gasteiger partial charge in [0.25, 0.3) is 0 Å². The summed E-state index contributed by atoms with van der Waals surface area (Å²) in [5.74, 6) is -0.340. The highest BCUT2D eigenvalue weighted by molar-refractivity contribution is 7.12. The highest BCUT2D eigenvalue weighted by Gasteiger charge is 2.17. The van der Waals surface area contributed by atoms with Gasteiger partial charge in [-0.25, -0.2) is 0 Å². The van der Waals surface area contributed by atoms with E-state index in [4.69, 9.17) is 4.74 Å². The molecule has 0 aromatic carbocycles. The first-order valence-corrected chi connectivity index (χ1v) is 8.65. The molecule has 0 spiro atoms. The first-order chi connectivity index (χ1) is 10.2. The van der Waals surface area contributed by atoms with Crippen LogP contribution in [0.3, 0.4) is 0 Å². The molecule has 0 bridgehead atoms. The molecule has 2 heterocycles. The Morgan fingerprint density at radius 3 is 2.71 bits per heavy atom. The van der Waals surface area contributed by atoms with Gasteiger partial charge in [-0.15, -0.1) is 11.3 Å². The smallest absolute Gasteiger partial charge is 0.308 e. The molecule has 5 heteroatoms. The Kier molecular flexibility index (Phi) is 6.67. The van der Waals surface area contributed by atoms with Crippen molar-refractivity contribution in [2.24, 2.45) is 0 Å². The molecule has 1 unspecified atom stereocenters. The first-order valence-electron chi connectivity index (χ1n) is 7.83. The predicted octanol–water partition coefficient (Wildman–Crippen LogP) is 3.11. The van der Waals surface area contributed by atoms with Crippen LogP contribution in [0.5, 0.6) is 0 Å². The lowest BCUT2D eigenvalue weighted by Gasteiger charge is -2.18. The number of ether oxygens (including phenoxy) is 1. The maximum atomic E-state index is 11.4. The van der Waals surface area contributed by atoms with Crippen LogP contribution in [-0.2, 0) is 16.1 Å². The number of esters is 1. The fraction of sp³-hybridized carbons (Fsp3) is 0.688. The van der Waals surface area contributed by atoms with Crippen LogP contribution >= 0.6 is 11.3 Å². The number of thiophene rings is 1. The molecule has 0 aliphatic carbocycles. The number of carbonyl (C=O) groups is 1. The zero-order chi connectivity index (χ0) is 15.1. The Morgan fingerprint density at radius 1 is 1.33 bits per heavy atom. The van der Waals surface area contributed by atoms with E-state index in [0.717, 1.165) is 11.4 Å². The summed E-state index contributed by atoms with van der Waals surface area (Å²) in [7, 11) is 0. The second-order valence-electron chi connectivity index (χ2n) is 5.52. The number of hydrogen-bond acceptors (Lipinski definition) is 5. The summed E-state index contributed by atoms with van der Waals surface area (Å²) in [5.41, 5.74) is 0. The molecule has 0 amide bonds. The average Bonchev–Trinajstić information content (AvgIpc) is 2.76. The number of hydrogen-bond donors (Lipinski definition) is 1. The van der Waals surface area contributed by atoms with Crippen LogP contribution in [0.1, 0.15) is 54.9 Å². The summed E-state index contributed by atoms with van der Waals surface area (Å²) in [6.45, 7) is 5.42. The molecule has 118 valence electrons. The van der Waals surface area contributed by atoms with Crippen molar-refractivity contribution in [2.75, 3.05) is 19.7 Å². The molecular weight excluding hydrogens is 286 g/mol. The van der Waals surface area contributed by atoms with Crippen molar-refractivity contribution in [3.63, 3.8) is 0 Å². The Balaban J connectivity index is 1.86. The topological polar surface area (TPSA) is 49.8 Å². The first kappa shape index (κ1) is 16.5. The van der Waals surface area contributed by atoms with E-state index in [-0.39, 0.29) is 12.4 Å². The van der Waals surface area contributed by atoms with E-state index in [1.54, 1.807) is 18.3 Å². The third-order valence-electron chi connectivity index (χ3n) is 3.75. The van der Waals surface area contributed by atoms with Crippen molar-refractivity contribution in [3.05, 3.63) is 21.9 Å². The summed E-state index contributed by atoms with van der Waals surface area (Å²) in [4.78, 5) is 16.0. The minimum Gasteiger partial charge on any atom is -0.466 e. The van der Waals surface area contributed by atoms with Crippen LogP contribution in [0.2, 0.25) is 0 Å². The van der Waals surface area contributed by atoms with E-state index >= 15 is 0 Å². The molecule has 0 radical (unpaired) electrons. The maximum absolute atomic E-state index is 11.4. The zero-order valence-electron chi connectivity index (χ0n) is 12.7. The molecule has 1 aliphatic heterocycles. The van der Waals surface area contributed by atoms with E-state index in [1.807, 2.05) is 6.07 Å². The highest BCUT2D eigenvalue weighted by atomic mass is 32.1. The molecule has 21 heavy (non-hydrogen) atoms. The van der Waals surface area contributed by atoms with Gasteiger partial charge in [0, 0.05) is 16.3 Å². The maximum Gasteiger partial charge on any atom is 0.308 e. The van der Waals surface area contributed by atoms with Crippen LogP contribution in [0.4, 0.5) is 0 Å². The van der Waals surface area contributed by atoms with Crippen LogP contribution in [0, 0.1) is 0 Å². The van der Waals surface area contributed by atoms with Gasteiger partial charge in [-0.3, -0.25) is 9.69 Å². The molecule has 1 N–H and O–H groups in total. The normalized spacial score (nSPS) is 18.2. The zero-order valence-corrected chi connectivity index (χ0v) is 13.5. The molecule has 1 atom stereocenters. The third-order valence-corrected chi connectivity index (χ3v) is 4.93. The molecule has 1 aromatic heterocycles. The van der Waals surface area contributed by atoms with Crippen molar-refractivity contribution in [3.8, 4) is 0 Å². The second kappa shape index (κ2) is 8.51. The molecule has 1 aliphatic rings. The van der Waals surface area contributed by atoms with Gasteiger partial charge in [0.1, 0.15) is 0 Å². The van der Waals surface area contributed by atoms with E-state index < -0.39 is 6.10 Å². The van der Waals surface area contributed by atoms with Crippen molar-refractivity contribution in [2.45, 2.75) is 51.7 Å².